The SMILES string of the molecule is COC(=O)/C=C(/Nc1ccc(Br)cc1C#N)C(=O)OC. The summed E-state index contributed by atoms with van der Waals surface area (Å²) in [6, 6.07) is 6.84. The van der Waals surface area contributed by atoms with Crippen molar-refractivity contribution in [1.82, 2.24) is 0 Å². The highest BCUT2D eigenvalue weighted by Crippen LogP contribution is 2.21. The third-order valence-corrected chi connectivity index (χ3v) is 2.73. The lowest BCUT2D eigenvalue weighted by atomic mass is 10.2. The molecule has 0 radical (unpaired) electrons. The fourth-order valence-corrected chi connectivity index (χ4v) is 1.66. The van der Waals surface area contributed by atoms with E-state index < -0.39 is 11.9 Å². The molecule has 20 heavy (non-hydrogen) atoms. The number of carbonyl (C=O) groups excluding carboxylic acids is 2. The third-order valence-electron chi connectivity index (χ3n) is 2.24. The van der Waals surface area contributed by atoms with Gasteiger partial charge in [0.25, 0.3) is 0 Å². The molecule has 0 heterocycles. The van der Waals surface area contributed by atoms with Gasteiger partial charge >= 0.3 is 11.9 Å². The van der Waals surface area contributed by atoms with E-state index in [9.17, 15) is 9.59 Å². The number of nitriles is 1. The van der Waals surface area contributed by atoms with Crippen LogP contribution < -0.4 is 5.32 Å². The standard InChI is InChI=1S/C13H11BrN2O4/c1-19-12(17)6-11(13(18)20-2)16-10-4-3-9(14)5-8(10)7-15/h3-6,16H,1-2H3/b11-6+. The molecule has 0 fully saturated rings. The van der Waals surface area contributed by atoms with Crippen molar-refractivity contribution in [2.75, 3.05) is 19.5 Å². The molecule has 0 bridgehead atoms. The van der Waals surface area contributed by atoms with Crippen molar-refractivity contribution in [3.8, 4) is 6.07 Å². The number of halogens is 1. The topological polar surface area (TPSA) is 88.4 Å². The lowest BCUT2D eigenvalue weighted by molar-refractivity contribution is -0.138. The number of hydrogen-bond donors (Lipinski definition) is 1. The second kappa shape index (κ2) is 7.31. The van der Waals surface area contributed by atoms with Crippen LogP contribution in [0.25, 0.3) is 0 Å². The van der Waals surface area contributed by atoms with Gasteiger partial charge in [0.05, 0.1) is 31.5 Å². The van der Waals surface area contributed by atoms with E-state index in [0.717, 1.165) is 10.5 Å². The van der Waals surface area contributed by atoms with Gasteiger partial charge in [0.2, 0.25) is 0 Å². The highest BCUT2D eigenvalue weighted by atomic mass is 79.9. The van der Waals surface area contributed by atoms with Crippen LogP contribution in [0.3, 0.4) is 0 Å². The van der Waals surface area contributed by atoms with E-state index >= 15 is 0 Å². The lowest BCUT2D eigenvalue weighted by Gasteiger charge is -2.10. The summed E-state index contributed by atoms with van der Waals surface area (Å²) in [5.41, 5.74) is 0.550. The van der Waals surface area contributed by atoms with Gasteiger partial charge in [-0.1, -0.05) is 15.9 Å². The van der Waals surface area contributed by atoms with Crippen molar-refractivity contribution in [3.63, 3.8) is 0 Å². The largest absolute Gasteiger partial charge is 0.466 e. The van der Waals surface area contributed by atoms with Crippen LogP contribution in [-0.2, 0) is 19.1 Å². The Morgan fingerprint density at radius 3 is 2.60 bits per heavy atom. The number of rotatable bonds is 4. The Labute approximate surface area is 124 Å². The number of methoxy groups -OCH3 is 2. The molecule has 1 aromatic rings. The number of ether oxygens (including phenoxy) is 2. The van der Waals surface area contributed by atoms with Crippen LogP contribution >= 0.6 is 15.9 Å². The second-order valence-corrected chi connectivity index (χ2v) is 4.42. The first-order valence-corrected chi connectivity index (χ1v) is 6.15. The first-order valence-electron chi connectivity index (χ1n) is 5.36. The summed E-state index contributed by atoms with van der Waals surface area (Å²) in [4.78, 5) is 22.8. The quantitative estimate of drug-likeness (QED) is 0.666. The molecule has 1 aromatic carbocycles. The molecule has 0 saturated carbocycles. The summed E-state index contributed by atoms with van der Waals surface area (Å²) in [5.74, 6) is -1.46. The molecule has 0 aliphatic carbocycles. The maximum atomic E-state index is 11.6. The third kappa shape index (κ3) is 4.10. The fourth-order valence-electron chi connectivity index (χ4n) is 1.30. The Bertz CT molecular complexity index is 605. The van der Waals surface area contributed by atoms with Crippen molar-refractivity contribution >= 4 is 33.6 Å². The summed E-state index contributed by atoms with van der Waals surface area (Å²) in [6.45, 7) is 0. The lowest BCUT2D eigenvalue weighted by Crippen LogP contribution is -2.16. The maximum Gasteiger partial charge on any atom is 0.354 e. The Morgan fingerprint density at radius 1 is 1.35 bits per heavy atom. The van der Waals surface area contributed by atoms with Crippen molar-refractivity contribution < 1.29 is 19.1 Å². The molecule has 0 aromatic heterocycles. The van der Waals surface area contributed by atoms with Crippen LogP contribution in [0.4, 0.5) is 5.69 Å². The van der Waals surface area contributed by atoms with E-state index in [4.69, 9.17) is 5.26 Å². The first kappa shape index (κ1) is 15.7. The summed E-state index contributed by atoms with van der Waals surface area (Å²) in [7, 11) is 2.37. The molecule has 0 unspecified atom stereocenters. The number of anilines is 1. The normalized spacial score (nSPS) is 10.4. The average molecular weight is 339 g/mol. The maximum absolute atomic E-state index is 11.6. The van der Waals surface area contributed by atoms with Crippen molar-refractivity contribution in [3.05, 3.63) is 40.0 Å². The van der Waals surface area contributed by atoms with Gasteiger partial charge in [-0.25, -0.2) is 9.59 Å². The zero-order valence-electron chi connectivity index (χ0n) is 10.8. The van der Waals surface area contributed by atoms with Gasteiger partial charge in [-0.05, 0) is 18.2 Å². The molecule has 0 atom stereocenters. The predicted octanol–water partition coefficient (Wildman–Crippen LogP) is 1.96. The average Bonchev–Trinajstić information content (AvgIpc) is 2.46. The second-order valence-electron chi connectivity index (χ2n) is 3.50. The number of nitrogens with zero attached hydrogens (tertiary/aromatic N) is 1. The van der Waals surface area contributed by atoms with Gasteiger partial charge in [-0.2, -0.15) is 5.26 Å². The van der Waals surface area contributed by atoms with E-state index in [1.54, 1.807) is 18.2 Å². The number of nitrogens with one attached hydrogen (secondary N) is 1. The minimum atomic E-state index is -0.748. The molecule has 0 amide bonds. The molecule has 1 rings (SSSR count). The predicted molar refractivity (Wildman–Crippen MR) is 74.6 cm³/mol. The Kier molecular flexibility index (Phi) is 5.74. The molecule has 0 saturated heterocycles. The first-order chi connectivity index (χ1) is 9.51. The monoisotopic (exact) mass is 338 g/mol. The number of esters is 2. The van der Waals surface area contributed by atoms with Gasteiger partial charge < -0.3 is 14.8 Å². The molecule has 1 N–H and O–H groups in total. The van der Waals surface area contributed by atoms with Gasteiger partial charge in [-0.15, -0.1) is 0 Å². The number of carbonyl (C=O) groups is 2. The Morgan fingerprint density at radius 2 is 2.05 bits per heavy atom. The van der Waals surface area contributed by atoms with E-state index in [-0.39, 0.29) is 5.70 Å². The van der Waals surface area contributed by atoms with Crippen LogP contribution in [-0.4, -0.2) is 26.2 Å². The van der Waals surface area contributed by atoms with Crippen molar-refractivity contribution in [2.45, 2.75) is 0 Å². The molecule has 6 nitrogen and oxygen atoms in total. The van der Waals surface area contributed by atoms with Gasteiger partial charge in [0.15, 0.2) is 0 Å². The highest BCUT2D eigenvalue weighted by molar-refractivity contribution is 9.10. The van der Waals surface area contributed by atoms with Gasteiger partial charge in [0, 0.05) is 4.47 Å². The van der Waals surface area contributed by atoms with Crippen LogP contribution in [0.5, 0.6) is 0 Å². The summed E-state index contributed by atoms with van der Waals surface area (Å²) < 4.78 is 9.73. The summed E-state index contributed by atoms with van der Waals surface area (Å²) >= 11 is 3.24. The molecular formula is C13H11BrN2O4. The van der Waals surface area contributed by atoms with Crippen molar-refractivity contribution in [1.29, 1.82) is 5.26 Å². The van der Waals surface area contributed by atoms with Crippen LogP contribution in [0.15, 0.2) is 34.4 Å². The van der Waals surface area contributed by atoms with E-state index in [2.05, 4.69) is 30.7 Å². The van der Waals surface area contributed by atoms with Crippen molar-refractivity contribution in [2.24, 2.45) is 0 Å². The van der Waals surface area contributed by atoms with Gasteiger partial charge in [-0.3, -0.25) is 0 Å². The van der Waals surface area contributed by atoms with Crippen LogP contribution in [0.2, 0.25) is 0 Å². The minimum absolute atomic E-state index is 0.127. The molecule has 0 aliphatic heterocycles. The minimum Gasteiger partial charge on any atom is -0.466 e. The highest BCUT2D eigenvalue weighted by Gasteiger charge is 2.14. The molecule has 104 valence electrons. The molecular weight excluding hydrogens is 328 g/mol. The number of benzene rings is 1. The Balaban J connectivity index is 3.14. The number of hydrogen-bond acceptors (Lipinski definition) is 6. The Hall–Kier alpha value is -2.33. The van der Waals surface area contributed by atoms with E-state index in [1.807, 2.05) is 6.07 Å². The van der Waals surface area contributed by atoms with E-state index in [0.29, 0.717) is 11.3 Å². The zero-order chi connectivity index (χ0) is 15.1. The smallest absolute Gasteiger partial charge is 0.354 e. The molecule has 7 heteroatoms. The van der Waals surface area contributed by atoms with Crippen LogP contribution in [0, 0.1) is 11.3 Å². The summed E-state index contributed by atoms with van der Waals surface area (Å²) in [5, 5.41) is 11.7. The van der Waals surface area contributed by atoms with E-state index in [1.165, 1.54) is 14.2 Å². The van der Waals surface area contributed by atoms with Crippen LogP contribution in [0.1, 0.15) is 5.56 Å². The summed E-state index contributed by atoms with van der Waals surface area (Å²) in [6.07, 6.45) is 0.953. The molecule has 0 spiro atoms. The fraction of sp³-hybridized carbons (Fsp3) is 0.154. The zero-order valence-corrected chi connectivity index (χ0v) is 12.4. The van der Waals surface area contributed by atoms with Gasteiger partial charge in [0.1, 0.15) is 11.8 Å². The molecule has 0 aliphatic rings.